The number of hydrogen-bond acceptors (Lipinski definition) is 4. The highest BCUT2D eigenvalue weighted by molar-refractivity contribution is 5.78. The molecule has 0 aliphatic carbocycles. The van der Waals surface area contributed by atoms with E-state index in [2.05, 4.69) is 0 Å². The highest BCUT2D eigenvalue weighted by atomic mass is 16.5. The Morgan fingerprint density at radius 2 is 1.35 bits per heavy atom. The van der Waals surface area contributed by atoms with Gasteiger partial charge in [0.15, 0.2) is 0 Å². The van der Waals surface area contributed by atoms with E-state index in [0.29, 0.717) is 31.5 Å². The molecule has 0 radical (unpaired) electrons. The quantitative estimate of drug-likeness (QED) is 0.641. The minimum atomic E-state index is -0.675. The van der Waals surface area contributed by atoms with Gasteiger partial charge in [-0.15, -0.1) is 0 Å². The van der Waals surface area contributed by atoms with Crippen LogP contribution in [-0.4, -0.2) is 25.2 Å². The molecule has 0 aliphatic rings. The highest BCUT2D eigenvalue weighted by Gasteiger charge is 2.34. The second kappa shape index (κ2) is 8.28. The lowest BCUT2D eigenvalue weighted by Gasteiger charge is -2.25. The highest BCUT2D eigenvalue weighted by Crippen LogP contribution is 2.28. The molecule has 4 nitrogen and oxygen atoms in total. The molecular weight excluding hydrogens is 256 g/mol. The van der Waals surface area contributed by atoms with E-state index >= 15 is 0 Å². The maximum Gasteiger partial charge on any atom is 0.311 e. The van der Waals surface area contributed by atoms with E-state index < -0.39 is 5.41 Å². The van der Waals surface area contributed by atoms with Crippen LogP contribution in [0.5, 0.6) is 0 Å². The third-order valence-electron chi connectivity index (χ3n) is 2.88. The first kappa shape index (κ1) is 18.9. The molecule has 0 saturated carbocycles. The normalized spacial score (nSPS) is 13.4. The fourth-order valence-corrected chi connectivity index (χ4v) is 1.76. The Morgan fingerprint density at radius 3 is 1.80 bits per heavy atom. The van der Waals surface area contributed by atoms with Crippen molar-refractivity contribution in [2.75, 3.05) is 13.2 Å². The van der Waals surface area contributed by atoms with Crippen LogP contribution < -0.4 is 0 Å². The Morgan fingerprint density at radius 1 is 0.900 bits per heavy atom. The molecule has 0 aromatic rings. The largest absolute Gasteiger partial charge is 0.465 e. The summed E-state index contributed by atoms with van der Waals surface area (Å²) < 4.78 is 10.5. The van der Waals surface area contributed by atoms with Crippen molar-refractivity contribution in [1.82, 2.24) is 0 Å². The zero-order valence-corrected chi connectivity index (χ0v) is 14.0. The van der Waals surface area contributed by atoms with E-state index in [0.717, 1.165) is 0 Å². The van der Waals surface area contributed by atoms with Gasteiger partial charge in [0.25, 0.3) is 0 Å². The summed E-state index contributed by atoms with van der Waals surface area (Å²) in [5, 5.41) is 0. The van der Waals surface area contributed by atoms with Crippen LogP contribution in [0.4, 0.5) is 0 Å². The summed E-state index contributed by atoms with van der Waals surface area (Å²) in [6.45, 7) is 14.2. The van der Waals surface area contributed by atoms with Crippen molar-refractivity contribution < 1.29 is 19.1 Å². The molecule has 0 saturated heterocycles. The first-order valence-electron chi connectivity index (χ1n) is 7.40. The molecule has 0 fully saturated rings. The molecule has 0 aromatic heterocycles. The van der Waals surface area contributed by atoms with Gasteiger partial charge in [0.1, 0.15) is 0 Å². The number of ether oxygens (including phenoxy) is 2. The van der Waals surface area contributed by atoms with Gasteiger partial charge >= 0.3 is 11.9 Å². The number of rotatable bonds is 8. The molecule has 0 aromatic carbocycles. The summed E-state index contributed by atoms with van der Waals surface area (Å²) in [7, 11) is 0. The van der Waals surface area contributed by atoms with Gasteiger partial charge < -0.3 is 9.47 Å². The average Bonchev–Trinajstić information content (AvgIpc) is 2.31. The van der Waals surface area contributed by atoms with Gasteiger partial charge in [-0.2, -0.15) is 0 Å². The van der Waals surface area contributed by atoms with Crippen molar-refractivity contribution >= 4 is 11.9 Å². The van der Waals surface area contributed by atoms with Crippen molar-refractivity contribution in [3.8, 4) is 0 Å². The van der Waals surface area contributed by atoms with Crippen molar-refractivity contribution in [1.29, 1.82) is 0 Å². The summed E-state index contributed by atoms with van der Waals surface area (Å²) in [6.07, 6.45) is 0.431. The van der Waals surface area contributed by atoms with Crippen LogP contribution in [0, 0.1) is 23.2 Å². The second-order valence-electron chi connectivity index (χ2n) is 7.01. The molecule has 0 amide bonds. The molecule has 0 bridgehead atoms. The monoisotopic (exact) mass is 286 g/mol. The molecule has 0 rings (SSSR count). The number of carbonyl (C=O) groups is 2. The third kappa shape index (κ3) is 7.51. The van der Waals surface area contributed by atoms with Gasteiger partial charge in [-0.05, 0) is 32.1 Å². The van der Waals surface area contributed by atoms with E-state index in [1.807, 2.05) is 41.5 Å². The van der Waals surface area contributed by atoms with Crippen LogP contribution in [0.25, 0.3) is 0 Å². The Labute approximate surface area is 123 Å². The number of carbonyl (C=O) groups excluding carboxylic acids is 2. The van der Waals surface area contributed by atoms with E-state index in [-0.39, 0.29) is 17.9 Å². The van der Waals surface area contributed by atoms with Crippen LogP contribution in [-0.2, 0) is 19.1 Å². The second-order valence-corrected chi connectivity index (χ2v) is 7.01. The SMILES string of the molecule is CC(C)COC(=O)C(C)CC(C)(C)C(=O)OCC(C)C. The van der Waals surface area contributed by atoms with E-state index in [1.54, 1.807) is 6.92 Å². The van der Waals surface area contributed by atoms with Gasteiger partial charge in [0.2, 0.25) is 0 Å². The minimum Gasteiger partial charge on any atom is -0.465 e. The fraction of sp³-hybridized carbons (Fsp3) is 0.875. The molecule has 0 aliphatic heterocycles. The summed E-state index contributed by atoms with van der Waals surface area (Å²) in [5.41, 5.74) is -0.675. The molecule has 118 valence electrons. The molecule has 1 atom stereocenters. The molecule has 20 heavy (non-hydrogen) atoms. The lowest BCUT2D eigenvalue weighted by atomic mass is 9.83. The van der Waals surface area contributed by atoms with Crippen LogP contribution >= 0.6 is 0 Å². The topological polar surface area (TPSA) is 52.6 Å². The van der Waals surface area contributed by atoms with Crippen LogP contribution in [0.1, 0.15) is 54.9 Å². The lowest BCUT2D eigenvalue weighted by Crippen LogP contribution is -2.32. The third-order valence-corrected chi connectivity index (χ3v) is 2.88. The van der Waals surface area contributed by atoms with Crippen LogP contribution in [0.15, 0.2) is 0 Å². The summed E-state index contributed by atoms with van der Waals surface area (Å²) in [4.78, 5) is 23.9. The Kier molecular flexibility index (Phi) is 7.84. The summed E-state index contributed by atoms with van der Waals surface area (Å²) in [6, 6.07) is 0. The molecular formula is C16H30O4. The van der Waals surface area contributed by atoms with Gasteiger partial charge in [-0.1, -0.05) is 34.6 Å². The molecule has 1 unspecified atom stereocenters. The van der Waals surface area contributed by atoms with Crippen molar-refractivity contribution in [3.05, 3.63) is 0 Å². The van der Waals surface area contributed by atoms with Crippen LogP contribution in [0.2, 0.25) is 0 Å². The molecule has 4 heteroatoms. The number of esters is 2. The van der Waals surface area contributed by atoms with Crippen molar-refractivity contribution in [2.45, 2.75) is 54.9 Å². The van der Waals surface area contributed by atoms with E-state index in [9.17, 15) is 9.59 Å². The average molecular weight is 286 g/mol. The minimum absolute atomic E-state index is 0.247. The smallest absolute Gasteiger partial charge is 0.311 e. The predicted molar refractivity (Wildman–Crippen MR) is 79.2 cm³/mol. The standard InChI is InChI=1S/C16H30O4/c1-11(2)9-19-14(17)13(5)8-16(6,7)15(18)20-10-12(3)4/h11-13H,8-10H2,1-7H3. The zero-order chi connectivity index (χ0) is 15.9. The van der Waals surface area contributed by atoms with Gasteiger partial charge in [0.05, 0.1) is 24.5 Å². The molecule has 0 N–H and O–H groups in total. The fourth-order valence-electron chi connectivity index (χ4n) is 1.76. The lowest BCUT2D eigenvalue weighted by molar-refractivity contribution is -0.158. The maximum absolute atomic E-state index is 12.0. The summed E-state index contributed by atoms with van der Waals surface area (Å²) >= 11 is 0. The molecule has 0 heterocycles. The van der Waals surface area contributed by atoms with Gasteiger partial charge in [0, 0.05) is 0 Å². The Balaban J connectivity index is 4.35. The number of hydrogen-bond donors (Lipinski definition) is 0. The van der Waals surface area contributed by atoms with E-state index in [1.165, 1.54) is 0 Å². The Bertz CT molecular complexity index is 318. The predicted octanol–water partition coefficient (Wildman–Crippen LogP) is 3.44. The van der Waals surface area contributed by atoms with Crippen molar-refractivity contribution in [3.63, 3.8) is 0 Å². The van der Waals surface area contributed by atoms with E-state index in [4.69, 9.17) is 9.47 Å². The maximum atomic E-state index is 12.0. The van der Waals surface area contributed by atoms with Crippen LogP contribution in [0.3, 0.4) is 0 Å². The van der Waals surface area contributed by atoms with Gasteiger partial charge in [-0.25, -0.2) is 0 Å². The Hall–Kier alpha value is -1.06. The first-order chi connectivity index (χ1) is 9.06. The zero-order valence-electron chi connectivity index (χ0n) is 14.0. The van der Waals surface area contributed by atoms with Crippen molar-refractivity contribution in [2.24, 2.45) is 23.2 Å². The summed E-state index contributed by atoms with van der Waals surface area (Å²) in [5.74, 6) is -0.188. The van der Waals surface area contributed by atoms with Gasteiger partial charge in [-0.3, -0.25) is 9.59 Å². The molecule has 0 spiro atoms. The first-order valence-corrected chi connectivity index (χ1v) is 7.40.